The fourth-order valence-corrected chi connectivity index (χ4v) is 2.73. The van der Waals surface area contributed by atoms with Gasteiger partial charge >= 0.3 is 5.97 Å². The monoisotopic (exact) mass is 375 g/mol. The molecule has 1 heterocycles. The Hall–Kier alpha value is -1.68. The SMILES string of the molecule is CCCCCCO[C@H]1C=C(C(=O)O)O[C@@H]([C@H](O)[C@H](O)CO)[C@@H]1NC(C)=O. The number of rotatable bonds is 11. The van der Waals surface area contributed by atoms with Crippen LogP contribution < -0.4 is 5.32 Å². The molecule has 5 N–H and O–H groups in total. The molecule has 0 saturated heterocycles. The van der Waals surface area contributed by atoms with Crippen LogP contribution in [0.25, 0.3) is 0 Å². The minimum Gasteiger partial charge on any atom is -0.478 e. The van der Waals surface area contributed by atoms with Gasteiger partial charge in [0, 0.05) is 13.5 Å². The molecule has 26 heavy (non-hydrogen) atoms. The van der Waals surface area contributed by atoms with E-state index in [-0.39, 0.29) is 0 Å². The van der Waals surface area contributed by atoms with Gasteiger partial charge in [-0.2, -0.15) is 0 Å². The summed E-state index contributed by atoms with van der Waals surface area (Å²) in [6, 6.07) is -0.919. The molecule has 0 aromatic rings. The van der Waals surface area contributed by atoms with Crippen molar-refractivity contribution >= 4 is 11.9 Å². The molecular formula is C17H29NO8. The number of carboxylic acids is 1. The van der Waals surface area contributed by atoms with E-state index in [1.54, 1.807) is 0 Å². The first-order valence-corrected chi connectivity index (χ1v) is 8.79. The number of carbonyl (C=O) groups excluding carboxylic acids is 1. The molecule has 0 fully saturated rings. The number of ether oxygens (including phenoxy) is 2. The first kappa shape index (κ1) is 22.4. The molecule has 0 aromatic carbocycles. The Kier molecular flexibility index (Phi) is 9.57. The summed E-state index contributed by atoms with van der Waals surface area (Å²) < 4.78 is 11.0. The fraction of sp³-hybridized carbons (Fsp3) is 0.765. The maximum Gasteiger partial charge on any atom is 0.370 e. The molecule has 0 spiro atoms. The second kappa shape index (κ2) is 11.1. The van der Waals surface area contributed by atoms with Crippen LogP contribution in [0.4, 0.5) is 0 Å². The number of unbranched alkanes of at least 4 members (excludes halogenated alkanes) is 3. The molecule has 150 valence electrons. The van der Waals surface area contributed by atoms with E-state index in [1.165, 1.54) is 13.0 Å². The number of nitrogens with one attached hydrogen (secondary N) is 1. The molecule has 1 aliphatic rings. The van der Waals surface area contributed by atoms with Gasteiger partial charge in [-0.15, -0.1) is 0 Å². The molecule has 0 unspecified atom stereocenters. The Morgan fingerprint density at radius 2 is 2.00 bits per heavy atom. The summed E-state index contributed by atoms with van der Waals surface area (Å²) >= 11 is 0. The van der Waals surface area contributed by atoms with Gasteiger partial charge in [-0.3, -0.25) is 4.79 Å². The number of hydrogen-bond donors (Lipinski definition) is 5. The fourth-order valence-electron chi connectivity index (χ4n) is 2.73. The third-order valence-electron chi connectivity index (χ3n) is 4.09. The molecule has 9 nitrogen and oxygen atoms in total. The summed E-state index contributed by atoms with van der Waals surface area (Å²) in [5.74, 6) is -2.23. The lowest BCUT2D eigenvalue weighted by Gasteiger charge is -2.39. The second-order valence-electron chi connectivity index (χ2n) is 6.28. The van der Waals surface area contributed by atoms with Crippen molar-refractivity contribution < 1.29 is 39.5 Å². The minimum atomic E-state index is -1.62. The van der Waals surface area contributed by atoms with Crippen LogP contribution in [-0.4, -0.2) is 76.0 Å². The maximum atomic E-state index is 11.5. The number of carboxylic acid groups (broad SMARTS) is 1. The highest BCUT2D eigenvalue weighted by atomic mass is 16.5. The van der Waals surface area contributed by atoms with Gasteiger partial charge in [-0.05, 0) is 12.5 Å². The van der Waals surface area contributed by atoms with Crippen LogP contribution in [-0.2, 0) is 19.1 Å². The van der Waals surface area contributed by atoms with Crippen molar-refractivity contribution in [1.29, 1.82) is 0 Å². The summed E-state index contributed by atoms with van der Waals surface area (Å²) in [6.07, 6.45) is -0.272. The number of hydrogen-bond acceptors (Lipinski definition) is 7. The average molecular weight is 375 g/mol. The van der Waals surface area contributed by atoms with Gasteiger partial charge in [0.05, 0.1) is 12.6 Å². The van der Waals surface area contributed by atoms with E-state index < -0.39 is 54.7 Å². The Bertz CT molecular complexity index is 495. The number of aliphatic hydroxyl groups is 3. The van der Waals surface area contributed by atoms with Gasteiger partial charge in [-0.1, -0.05) is 26.2 Å². The van der Waals surface area contributed by atoms with Crippen LogP contribution in [0.15, 0.2) is 11.8 Å². The molecule has 0 aliphatic carbocycles. The predicted octanol–water partition coefficient (Wildman–Crippen LogP) is -0.462. The maximum absolute atomic E-state index is 11.5. The Balaban J connectivity index is 2.99. The standard InChI is InChI=1S/C17H29NO8/c1-3-4-5-6-7-25-12-8-13(17(23)24)26-16(14(12)18-10(2)20)15(22)11(21)9-19/h8,11-12,14-16,19,21-22H,3-7,9H2,1-2H3,(H,18,20)(H,23,24)/t11-,12+,14-,15-,16-/m1/s1. The second-order valence-corrected chi connectivity index (χ2v) is 6.28. The smallest absolute Gasteiger partial charge is 0.370 e. The van der Waals surface area contributed by atoms with Crippen LogP contribution in [0.3, 0.4) is 0 Å². The predicted molar refractivity (Wildman–Crippen MR) is 91.2 cm³/mol. The molecule has 1 amide bonds. The lowest BCUT2D eigenvalue weighted by molar-refractivity contribution is -0.151. The van der Waals surface area contributed by atoms with E-state index in [0.717, 1.165) is 25.7 Å². The minimum absolute atomic E-state index is 0.343. The number of carbonyl (C=O) groups is 2. The highest BCUT2D eigenvalue weighted by Crippen LogP contribution is 2.25. The Labute approximate surface area is 152 Å². The molecule has 0 saturated carbocycles. The molecule has 5 atom stereocenters. The van der Waals surface area contributed by atoms with Crippen molar-refractivity contribution in [3.05, 3.63) is 11.8 Å². The zero-order chi connectivity index (χ0) is 19.7. The van der Waals surface area contributed by atoms with E-state index in [4.69, 9.17) is 14.6 Å². The molecule has 0 bridgehead atoms. The van der Waals surface area contributed by atoms with Crippen LogP contribution in [0.5, 0.6) is 0 Å². The van der Waals surface area contributed by atoms with Crippen molar-refractivity contribution in [2.24, 2.45) is 0 Å². The summed E-state index contributed by atoms with van der Waals surface area (Å²) in [7, 11) is 0. The third kappa shape index (κ3) is 6.56. The zero-order valence-corrected chi connectivity index (χ0v) is 15.1. The third-order valence-corrected chi connectivity index (χ3v) is 4.09. The van der Waals surface area contributed by atoms with Gasteiger partial charge < -0.3 is 35.2 Å². The van der Waals surface area contributed by atoms with Crippen LogP contribution in [0, 0.1) is 0 Å². The van der Waals surface area contributed by atoms with Crippen molar-refractivity contribution in [1.82, 2.24) is 5.32 Å². The van der Waals surface area contributed by atoms with E-state index in [2.05, 4.69) is 12.2 Å². The summed E-state index contributed by atoms with van der Waals surface area (Å²) in [4.78, 5) is 22.9. The Morgan fingerprint density at radius 1 is 1.31 bits per heavy atom. The average Bonchev–Trinajstić information content (AvgIpc) is 2.60. The topological polar surface area (TPSA) is 146 Å². The number of aliphatic hydroxyl groups excluding tert-OH is 3. The van der Waals surface area contributed by atoms with Gasteiger partial charge in [0.15, 0.2) is 6.10 Å². The molecule has 1 aliphatic heterocycles. The molecule has 0 aromatic heterocycles. The molecule has 9 heteroatoms. The summed E-state index contributed by atoms with van der Waals surface area (Å²) in [6.45, 7) is 2.94. The molecular weight excluding hydrogens is 346 g/mol. The quantitative estimate of drug-likeness (QED) is 0.305. The van der Waals surface area contributed by atoms with Gasteiger partial charge in [0.25, 0.3) is 0 Å². The highest BCUT2D eigenvalue weighted by Gasteiger charge is 2.44. The van der Waals surface area contributed by atoms with Gasteiger partial charge in [0.1, 0.15) is 18.3 Å². The van der Waals surface area contributed by atoms with Crippen LogP contribution >= 0.6 is 0 Å². The largest absolute Gasteiger partial charge is 0.478 e. The Morgan fingerprint density at radius 3 is 2.54 bits per heavy atom. The number of aliphatic carboxylic acids is 1. The van der Waals surface area contributed by atoms with Crippen LogP contribution in [0.2, 0.25) is 0 Å². The van der Waals surface area contributed by atoms with E-state index in [1.807, 2.05) is 0 Å². The molecule has 1 rings (SSSR count). The van der Waals surface area contributed by atoms with Crippen molar-refractivity contribution in [2.45, 2.75) is 70.0 Å². The van der Waals surface area contributed by atoms with Gasteiger partial charge in [0.2, 0.25) is 11.7 Å². The molecule has 0 radical (unpaired) electrons. The highest BCUT2D eigenvalue weighted by molar-refractivity contribution is 5.84. The van der Waals surface area contributed by atoms with Crippen molar-refractivity contribution in [2.75, 3.05) is 13.2 Å². The normalized spacial score (nSPS) is 25.0. The van der Waals surface area contributed by atoms with E-state index >= 15 is 0 Å². The lowest BCUT2D eigenvalue weighted by Crippen LogP contribution is -2.60. The van der Waals surface area contributed by atoms with Crippen molar-refractivity contribution in [3.8, 4) is 0 Å². The zero-order valence-electron chi connectivity index (χ0n) is 15.1. The first-order valence-electron chi connectivity index (χ1n) is 8.79. The number of amides is 1. The summed E-state index contributed by atoms with van der Waals surface area (Å²) in [5.41, 5.74) is 0. The van der Waals surface area contributed by atoms with E-state index in [9.17, 15) is 24.9 Å². The van der Waals surface area contributed by atoms with Crippen LogP contribution in [0.1, 0.15) is 39.5 Å². The first-order chi connectivity index (χ1) is 12.3. The van der Waals surface area contributed by atoms with Gasteiger partial charge in [-0.25, -0.2) is 4.79 Å². The summed E-state index contributed by atoms with van der Waals surface area (Å²) in [5, 5.41) is 40.8. The van der Waals surface area contributed by atoms with E-state index in [0.29, 0.717) is 6.61 Å². The lowest BCUT2D eigenvalue weighted by atomic mass is 9.93. The van der Waals surface area contributed by atoms with Crippen molar-refractivity contribution in [3.63, 3.8) is 0 Å².